The second-order valence-corrected chi connectivity index (χ2v) is 20.2. The van der Waals surface area contributed by atoms with Crippen LogP contribution >= 0.6 is 0 Å². The molecular formula is C44H55F4N3O10S. The maximum atomic E-state index is 15.3. The lowest BCUT2D eigenvalue weighted by Gasteiger charge is -2.34. The molecular weight excluding hydrogens is 839 g/mol. The van der Waals surface area contributed by atoms with Crippen molar-refractivity contribution in [2.75, 3.05) is 20.3 Å². The lowest BCUT2D eigenvalue weighted by atomic mass is 9.79. The first-order chi connectivity index (χ1) is 29.2. The molecule has 7 atom stereocenters. The number of methoxy groups -OCH3 is 1. The Balaban J connectivity index is 1.27. The normalized spacial score (nSPS) is 29.0. The molecule has 1 N–H and O–H groups in total. The van der Waals surface area contributed by atoms with E-state index in [-0.39, 0.29) is 42.8 Å². The third kappa shape index (κ3) is 9.26. The summed E-state index contributed by atoms with van der Waals surface area (Å²) in [7, 11) is -2.64. The number of Topliss-reactive ketones (excluding diaryl/α,β-unsaturated/α-hetero) is 1. The molecule has 0 bridgehead atoms. The van der Waals surface area contributed by atoms with Crippen molar-refractivity contribution in [3.8, 4) is 17.5 Å². The van der Waals surface area contributed by atoms with Gasteiger partial charge in [-0.15, -0.1) is 0 Å². The fourth-order valence-electron chi connectivity index (χ4n) is 9.30. The van der Waals surface area contributed by atoms with E-state index in [1.807, 2.05) is 26.0 Å². The number of ether oxygens (including phenoxy) is 4. The lowest BCUT2D eigenvalue weighted by Crippen LogP contribution is -2.48. The summed E-state index contributed by atoms with van der Waals surface area (Å²) in [6.45, 7) is 5.39. The number of hydrogen-bond donors (Lipinski definition) is 1. The molecule has 1 saturated heterocycles. The zero-order chi connectivity index (χ0) is 44.9. The highest BCUT2D eigenvalue weighted by Crippen LogP contribution is 2.57. The summed E-state index contributed by atoms with van der Waals surface area (Å²) in [6, 6.07) is 1.50. The lowest BCUT2D eigenvalue weighted by molar-refractivity contribution is -0.257. The van der Waals surface area contributed by atoms with Crippen molar-refractivity contribution in [3.63, 3.8) is 0 Å². The van der Waals surface area contributed by atoms with Crippen LogP contribution < -0.4 is 18.9 Å². The van der Waals surface area contributed by atoms with Gasteiger partial charge in [-0.2, -0.15) is 18.2 Å². The van der Waals surface area contributed by atoms with Crippen LogP contribution in [0, 0.1) is 34.9 Å². The Labute approximate surface area is 358 Å². The number of alkyl halides is 3. The Morgan fingerprint density at radius 2 is 1.84 bits per heavy atom. The van der Waals surface area contributed by atoms with Crippen LogP contribution in [0.15, 0.2) is 24.3 Å². The number of hydrogen-bond acceptors (Lipinski definition) is 11. The zero-order valence-corrected chi connectivity index (χ0v) is 36.5. The van der Waals surface area contributed by atoms with Crippen molar-refractivity contribution >= 4 is 44.4 Å². The maximum Gasteiger partial charge on any atom is 0.427 e. The molecule has 7 rings (SSSR count). The molecule has 62 heavy (non-hydrogen) atoms. The number of benzene rings is 1. The SMILES string of the molecule is CC[C@@H]1C[C@H](C)CC/C=C\[C@@H]2C[C@@]2(C(=O)NS(=O)(=O)C2CC2)CC(=O)[C@@H]2C[C@@H](Oc3nc4c(c5cc(OC)c(F)cc35)CCCO4)CN2C(=O)[C@H]1CC(=O)OC(C)(C)C(F)(F)F. The van der Waals surface area contributed by atoms with Gasteiger partial charge in [-0.3, -0.25) is 23.9 Å². The van der Waals surface area contributed by atoms with Crippen LogP contribution in [0.1, 0.15) is 104 Å². The molecule has 18 heteroatoms. The molecule has 1 aromatic carbocycles. The van der Waals surface area contributed by atoms with E-state index in [1.165, 1.54) is 24.1 Å². The minimum absolute atomic E-state index is 0.00973. The zero-order valence-electron chi connectivity index (χ0n) is 35.6. The highest BCUT2D eigenvalue weighted by atomic mass is 32.2. The molecule has 13 nitrogen and oxygen atoms in total. The summed E-state index contributed by atoms with van der Waals surface area (Å²) in [6.07, 6.45) is 0.952. The highest BCUT2D eigenvalue weighted by Gasteiger charge is 2.62. The number of halogens is 4. The number of aryl methyl sites for hydroxylation is 1. The van der Waals surface area contributed by atoms with Gasteiger partial charge in [0.15, 0.2) is 17.3 Å². The molecule has 0 unspecified atom stereocenters. The fourth-order valence-corrected chi connectivity index (χ4v) is 10.7. The minimum Gasteiger partial charge on any atom is -0.494 e. The summed E-state index contributed by atoms with van der Waals surface area (Å²) in [4.78, 5) is 63.1. The molecule has 340 valence electrons. The number of aromatic nitrogens is 1. The van der Waals surface area contributed by atoms with Crippen LogP contribution in [0.2, 0.25) is 0 Å². The van der Waals surface area contributed by atoms with Gasteiger partial charge in [0.05, 0.1) is 49.3 Å². The Morgan fingerprint density at radius 1 is 1.10 bits per heavy atom. The molecule has 2 saturated carbocycles. The predicted octanol–water partition coefficient (Wildman–Crippen LogP) is 6.92. The summed E-state index contributed by atoms with van der Waals surface area (Å²) >= 11 is 0. The van der Waals surface area contributed by atoms with E-state index in [2.05, 4.69) is 9.71 Å². The smallest absolute Gasteiger partial charge is 0.427 e. The van der Waals surface area contributed by atoms with E-state index >= 15 is 9.18 Å². The number of fused-ring (bicyclic) bond motifs is 5. The topological polar surface area (TPSA) is 168 Å². The van der Waals surface area contributed by atoms with E-state index in [1.54, 1.807) is 0 Å². The molecule has 3 aliphatic heterocycles. The first-order valence-corrected chi connectivity index (χ1v) is 23.1. The first kappa shape index (κ1) is 45.5. The van der Waals surface area contributed by atoms with Crippen molar-refractivity contribution in [3.05, 3.63) is 35.7 Å². The minimum atomic E-state index is -4.90. The van der Waals surface area contributed by atoms with E-state index in [4.69, 9.17) is 18.9 Å². The monoisotopic (exact) mass is 893 g/mol. The number of nitrogens with one attached hydrogen (secondary N) is 1. The van der Waals surface area contributed by atoms with Crippen LogP contribution in [-0.2, 0) is 40.4 Å². The van der Waals surface area contributed by atoms with Crippen LogP contribution in [0.25, 0.3) is 10.8 Å². The fraction of sp³-hybridized carbons (Fsp3) is 0.659. The van der Waals surface area contributed by atoms with Crippen LogP contribution in [0.4, 0.5) is 17.6 Å². The number of amides is 2. The summed E-state index contributed by atoms with van der Waals surface area (Å²) in [5.41, 5.74) is -3.54. The molecule has 0 spiro atoms. The summed E-state index contributed by atoms with van der Waals surface area (Å²) in [5, 5.41) is 0.175. The maximum absolute atomic E-state index is 15.3. The Hall–Kier alpha value is -4.48. The second kappa shape index (κ2) is 17.2. The average Bonchev–Trinajstić information content (AvgIpc) is 4.13. The van der Waals surface area contributed by atoms with Crippen molar-refractivity contribution in [2.24, 2.45) is 29.1 Å². The number of ketones is 1. The molecule has 2 aliphatic carbocycles. The van der Waals surface area contributed by atoms with Crippen molar-refractivity contribution in [2.45, 2.75) is 134 Å². The molecule has 2 aromatic rings. The van der Waals surface area contributed by atoms with Crippen LogP contribution in [-0.4, -0.2) is 91.3 Å². The van der Waals surface area contributed by atoms with Gasteiger partial charge in [0.1, 0.15) is 6.10 Å². The van der Waals surface area contributed by atoms with Crippen molar-refractivity contribution in [1.29, 1.82) is 0 Å². The molecule has 2 amide bonds. The molecule has 4 heterocycles. The van der Waals surface area contributed by atoms with Gasteiger partial charge in [0, 0.05) is 23.8 Å². The molecule has 0 radical (unpaired) electrons. The number of carbonyl (C=O) groups is 4. The molecule has 5 aliphatic rings. The van der Waals surface area contributed by atoms with Gasteiger partial charge in [0.25, 0.3) is 0 Å². The molecule has 1 aromatic heterocycles. The van der Waals surface area contributed by atoms with Gasteiger partial charge in [-0.05, 0) is 100 Å². The number of rotatable bonds is 10. The van der Waals surface area contributed by atoms with Crippen molar-refractivity contribution in [1.82, 2.24) is 14.6 Å². The Kier molecular flexibility index (Phi) is 12.7. The van der Waals surface area contributed by atoms with Crippen LogP contribution in [0.5, 0.6) is 17.5 Å². The third-order valence-electron chi connectivity index (χ3n) is 13.3. The summed E-state index contributed by atoms with van der Waals surface area (Å²) < 4.78 is 108. The Bertz CT molecular complexity index is 2250. The van der Waals surface area contributed by atoms with E-state index in [0.717, 1.165) is 19.4 Å². The number of pyridine rings is 1. The quantitative estimate of drug-likeness (QED) is 0.149. The van der Waals surface area contributed by atoms with E-state index in [0.29, 0.717) is 68.7 Å². The van der Waals surface area contributed by atoms with Gasteiger partial charge in [0.2, 0.25) is 39.2 Å². The Morgan fingerprint density at radius 3 is 2.52 bits per heavy atom. The highest BCUT2D eigenvalue weighted by molar-refractivity contribution is 7.90. The number of esters is 1. The number of nitrogens with zero attached hydrogens (tertiary/aromatic N) is 2. The number of sulfonamides is 1. The van der Waals surface area contributed by atoms with Gasteiger partial charge in [-0.25, -0.2) is 12.8 Å². The summed E-state index contributed by atoms with van der Waals surface area (Å²) in [5.74, 6) is -5.90. The first-order valence-electron chi connectivity index (χ1n) is 21.5. The van der Waals surface area contributed by atoms with E-state index < -0.39 is 105 Å². The van der Waals surface area contributed by atoms with Gasteiger partial charge < -0.3 is 23.8 Å². The average molecular weight is 894 g/mol. The second-order valence-electron chi connectivity index (χ2n) is 18.3. The van der Waals surface area contributed by atoms with Gasteiger partial charge >= 0.3 is 12.1 Å². The molecule has 3 fully saturated rings. The van der Waals surface area contributed by atoms with Crippen molar-refractivity contribution < 1.29 is 64.1 Å². The van der Waals surface area contributed by atoms with Gasteiger partial charge in [-0.1, -0.05) is 32.4 Å². The van der Waals surface area contributed by atoms with E-state index in [9.17, 15) is 36.0 Å². The predicted molar refractivity (Wildman–Crippen MR) is 217 cm³/mol. The largest absolute Gasteiger partial charge is 0.494 e. The number of carbonyl (C=O) groups excluding carboxylic acids is 4. The standard InChI is InChI=1S/C44H55F4N3O10S/c1-6-25-16-24(2)10-7-8-11-26-21-43(26,41(55)50-62(56,57)28-13-14-28)22-35(52)34-17-27(23-51(34)40(54)30(25)20-37(53)61-42(3,4)44(46,47)48)60-39-32-18-33(45)36(58-5)19-31(32)29-12-9-15-59-38(29)49-39/h8,11,18-19,24-28,30,34H,6-7,9-10,12-17,20-23H2,1-5H3,(H,50,55)/b11-8-/t24-,25-,26-,27-,30+,34+,43-/m1/s1. The third-order valence-corrected chi connectivity index (χ3v) is 15.2. The van der Waals surface area contributed by atoms with Crippen LogP contribution in [0.3, 0.4) is 0 Å². The number of allylic oxidation sites excluding steroid dienone is 2.